The predicted molar refractivity (Wildman–Crippen MR) is 116 cm³/mol. The van der Waals surface area contributed by atoms with Gasteiger partial charge in [0.25, 0.3) is 17.1 Å². The molecular formula is C21H23FN4O5S. The fourth-order valence-corrected chi connectivity index (χ4v) is 4.32. The SMILES string of the molecule is CCC1(CC)NC(=O)N(CC(=O)NCCN2C(=O)S/C(=C\c3ccc(F)cc3)C2=O)C1=O. The van der Waals surface area contributed by atoms with Gasteiger partial charge in [-0.2, -0.15) is 0 Å². The number of nitrogens with zero attached hydrogens (tertiary/aromatic N) is 2. The van der Waals surface area contributed by atoms with Crippen molar-refractivity contribution in [3.63, 3.8) is 0 Å². The lowest BCUT2D eigenvalue weighted by atomic mass is 9.93. The Labute approximate surface area is 188 Å². The van der Waals surface area contributed by atoms with Gasteiger partial charge in [0.1, 0.15) is 17.9 Å². The number of hydrogen-bond acceptors (Lipinski definition) is 6. The molecule has 2 aliphatic rings. The maximum atomic E-state index is 13.0. The van der Waals surface area contributed by atoms with Gasteiger partial charge in [0.15, 0.2) is 0 Å². The van der Waals surface area contributed by atoms with E-state index in [2.05, 4.69) is 10.6 Å². The van der Waals surface area contributed by atoms with Gasteiger partial charge in [-0.25, -0.2) is 9.18 Å². The highest BCUT2D eigenvalue weighted by Crippen LogP contribution is 2.32. The van der Waals surface area contributed by atoms with Gasteiger partial charge in [-0.05, 0) is 48.4 Å². The average Bonchev–Trinajstić information content (AvgIpc) is 3.17. The lowest BCUT2D eigenvalue weighted by molar-refractivity contribution is -0.135. The van der Waals surface area contributed by atoms with Crippen LogP contribution in [0.25, 0.3) is 6.08 Å². The van der Waals surface area contributed by atoms with E-state index in [0.29, 0.717) is 18.4 Å². The smallest absolute Gasteiger partial charge is 0.325 e. The van der Waals surface area contributed by atoms with Crippen LogP contribution in [0.1, 0.15) is 32.3 Å². The molecule has 6 amide bonds. The van der Waals surface area contributed by atoms with Crippen molar-refractivity contribution in [3.05, 3.63) is 40.6 Å². The minimum atomic E-state index is -0.990. The molecule has 0 bridgehead atoms. The Kier molecular flexibility index (Phi) is 6.97. The van der Waals surface area contributed by atoms with E-state index >= 15 is 0 Å². The summed E-state index contributed by atoms with van der Waals surface area (Å²) >= 11 is 0.757. The van der Waals surface area contributed by atoms with E-state index in [0.717, 1.165) is 21.6 Å². The van der Waals surface area contributed by atoms with Gasteiger partial charge in [0, 0.05) is 13.1 Å². The number of rotatable bonds is 8. The molecule has 0 aliphatic carbocycles. The Morgan fingerprint density at radius 1 is 1.12 bits per heavy atom. The lowest BCUT2D eigenvalue weighted by Crippen LogP contribution is -2.47. The Morgan fingerprint density at radius 2 is 1.78 bits per heavy atom. The second-order valence-corrected chi connectivity index (χ2v) is 8.34. The molecule has 3 rings (SSSR count). The van der Waals surface area contributed by atoms with E-state index in [1.54, 1.807) is 13.8 Å². The molecule has 2 N–H and O–H groups in total. The van der Waals surface area contributed by atoms with Crippen LogP contribution >= 0.6 is 11.8 Å². The van der Waals surface area contributed by atoms with Crippen LogP contribution in [-0.2, 0) is 14.4 Å². The molecule has 11 heteroatoms. The zero-order valence-corrected chi connectivity index (χ0v) is 18.5. The maximum Gasteiger partial charge on any atom is 0.325 e. The van der Waals surface area contributed by atoms with Crippen LogP contribution in [0.3, 0.4) is 0 Å². The zero-order chi connectivity index (χ0) is 23.5. The van der Waals surface area contributed by atoms with E-state index in [9.17, 15) is 28.4 Å². The van der Waals surface area contributed by atoms with Crippen LogP contribution in [0.5, 0.6) is 0 Å². The number of thioether (sulfide) groups is 1. The first-order chi connectivity index (χ1) is 15.2. The number of carbonyl (C=O) groups excluding carboxylic acids is 5. The number of benzene rings is 1. The summed E-state index contributed by atoms with van der Waals surface area (Å²) in [5.74, 6) is -1.94. The number of amides is 6. The quantitative estimate of drug-likeness (QED) is 0.452. The Balaban J connectivity index is 1.53. The molecule has 9 nitrogen and oxygen atoms in total. The van der Waals surface area contributed by atoms with E-state index in [-0.39, 0.29) is 18.0 Å². The third-order valence-corrected chi connectivity index (χ3v) is 6.36. The molecule has 0 spiro atoms. The monoisotopic (exact) mass is 462 g/mol. The molecule has 0 radical (unpaired) electrons. The summed E-state index contributed by atoms with van der Waals surface area (Å²) in [5.41, 5.74) is -0.412. The Hall–Kier alpha value is -3.21. The molecule has 0 saturated carbocycles. The van der Waals surface area contributed by atoms with Crippen molar-refractivity contribution in [3.8, 4) is 0 Å². The molecule has 2 saturated heterocycles. The highest BCUT2D eigenvalue weighted by atomic mass is 32.2. The summed E-state index contributed by atoms with van der Waals surface area (Å²) < 4.78 is 13.0. The number of urea groups is 1. The summed E-state index contributed by atoms with van der Waals surface area (Å²) in [6.07, 6.45) is 2.32. The first kappa shape index (κ1) is 23.5. The fraction of sp³-hybridized carbons (Fsp3) is 0.381. The predicted octanol–water partition coefficient (Wildman–Crippen LogP) is 2.09. The molecule has 2 aliphatic heterocycles. The highest BCUT2D eigenvalue weighted by Gasteiger charge is 2.49. The first-order valence-electron chi connectivity index (χ1n) is 10.1. The van der Waals surface area contributed by atoms with Crippen molar-refractivity contribution in [2.75, 3.05) is 19.6 Å². The molecule has 1 aromatic carbocycles. The van der Waals surface area contributed by atoms with Crippen molar-refractivity contribution in [1.29, 1.82) is 0 Å². The van der Waals surface area contributed by atoms with Crippen LogP contribution < -0.4 is 10.6 Å². The summed E-state index contributed by atoms with van der Waals surface area (Å²) in [6, 6.07) is 4.87. The molecule has 0 atom stereocenters. The standard InChI is InChI=1S/C21H23FN4O5S/c1-3-21(4-2)18(29)26(19(30)24-21)12-16(27)23-9-10-25-17(28)15(32-20(25)31)11-13-5-7-14(22)8-6-13/h5-8,11H,3-4,9-10,12H2,1-2H3,(H,23,27)(H,24,30)/b15-11-. The summed E-state index contributed by atoms with van der Waals surface area (Å²) in [6.45, 7) is 3.03. The molecular weight excluding hydrogens is 439 g/mol. The number of carbonyl (C=O) groups is 5. The van der Waals surface area contributed by atoms with Crippen molar-refractivity contribution in [2.45, 2.75) is 32.2 Å². The first-order valence-corrected chi connectivity index (χ1v) is 10.9. The minimum absolute atomic E-state index is 0.0307. The van der Waals surface area contributed by atoms with Crippen molar-refractivity contribution >= 4 is 46.8 Å². The molecule has 0 aromatic heterocycles. The van der Waals surface area contributed by atoms with Gasteiger partial charge < -0.3 is 10.6 Å². The summed E-state index contributed by atoms with van der Waals surface area (Å²) in [4.78, 5) is 63.6. The molecule has 170 valence electrons. The topological polar surface area (TPSA) is 116 Å². The zero-order valence-electron chi connectivity index (χ0n) is 17.6. The maximum absolute atomic E-state index is 13.0. The van der Waals surface area contributed by atoms with Gasteiger partial charge in [0.2, 0.25) is 5.91 Å². The Bertz CT molecular complexity index is 990. The van der Waals surface area contributed by atoms with Gasteiger partial charge in [-0.3, -0.25) is 29.0 Å². The van der Waals surface area contributed by atoms with Gasteiger partial charge in [0.05, 0.1) is 4.91 Å². The van der Waals surface area contributed by atoms with Gasteiger partial charge >= 0.3 is 6.03 Å². The summed E-state index contributed by atoms with van der Waals surface area (Å²) in [5, 5.41) is 4.68. The average molecular weight is 463 g/mol. The normalized spacial score (nSPS) is 19.2. The minimum Gasteiger partial charge on any atom is -0.353 e. The number of imide groups is 2. The van der Waals surface area contributed by atoms with Gasteiger partial charge in [-0.15, -0.1) is 0 Å². The van der Waals surface area contributed by atoms with E-state index in [4.69, 9.17) is 0 Å². The van der Waals surface area contributed by atoms with Crippen LogP contribution in [0, 0.1) is 5.82 Å². The molecule has 2 fully saturated rings. The Morgan fingerprint density at radius 3 is 2.38 bits per heavy atom. The number of halogens is 1. The van der Waals surface area contributed by atoms with Crippen LogP contribution in [0.2, 0.25) is 0 Å². The number of hydrogen-bond donors (Lipinski definition) is 2. The second kappa shape index (κ2) is 9.51. The summed E-state index contributed by atoms with van der Waals surface area (Å²) in [7, 11) is 0. The second-order valence-electron chi connectivity index (χ2n) is 7.35. The molecule has 32 heavy (non-hydrogen) atoms. The van der Waals surface area contributed by atoms with E-state index < -0.39 is 46.9 Å². The van der Waals surface area contributed by atoms with Crippen LogP contribution in [0.15, 0.2) is 29.2 Å². The van der Waals surface area contributed by atoms with Crippen LogP contribution in [-0.4, -0.2) is 64.0 Å². The van der Waals surface area contributed by atoms with Crippen molar-refractivity contribution in [1.82, 2.24) is 20.4 Å². The lowest BCUT2D eigenvalue weighted by Gasteiger charge is -2.23. The third-order valence-electron chi connectivity index (χ3n) is 5.45. The third kappa shape index (κ3) is 4.67. The molecule has 2 heterocycles. The largest absolute Gasteiger partial charge is 0.353 e. The van der Waals surface area contributed by atoms with E-state index in [1.807, 2.05) is 0 Å². The van der Waals surface area contributed by atoms with Crippen molar-refractivity contribution in [2.24, 2.45) is 0 Å². The van der Waals surface area contributed by atoms with Gasteiger partial charge in [-0.1, -0.05) is 26.0 Å². The fourth-order valence-electron chi connectivity index (χ4n) is 3.46. The molecule has 0 unspecified atom stereocenters. The van der Waals surface area contributed by atoms with Crippen LogP contribution in [0.4, 0.5) is 14.0 Å². The van der Waals surface area contributed by atoms with E-state index in [1.165, 1.54) is 30.3 Å². The number of nitrogens with one attached hydrogen (secondary N) is 2. The van der Waals surface area contributed by atoms with Crippen molar-refractivity contribution < 1.29 is 28.4 Å². The molecule has 1 aromatic rings. The highest BCUT2D eigenvalue weighted by molar-refractivity contribution is 8.18.